The van der Waals surface area contributed by atoms with Crippen molar-refractivity contribution in [1.82, 2.24) is 15.0 Å². The molecule has 3 heterocycles. The zero-order valence-electron chi connectivity index (χ0n) is 16.5. The van der Waals surface area contributed by atoms with Crippen LogP contribution in [0.25, 0.3) is 0 Å². The van der Waals surface area contributed by atoms with Gasteiger partial charge in [0.1, 0.15) is 0 Å². The van der Waals surface area contributed by atoms with Crippen LogP contribution in [0.1, 0.15) is 56.4 Å². The highest BCUT2D eigenvalue weighted by Crippen LogP contribution is 2.48. The van der Waals surface area contributed by atoms with Gasteiger partial charge in [0, 0.05) is 32.1 Å². The van der Waals surface area contributed by atoms with Crippen molar-refractivity contribution in [1.29, 1.82) is 0 Å². The standard InChI is InChI=1S/C22H28N4O2/c1-2-19-23-21(24-28-19)25-12-10-22(11-13-25)14-18(16-6-4-3-5-7-16)20(27)26(15-22)17-8-9-17/h3-7,17-18H,2,8-15H2,1H3. The van der Waals surface area contributed by atoms with Crippen LogP contribution in [0, 0.1) is 5.41 Å². The molecule has 148 valence electrons. The highest BCUT2D eigenvalue weighted by molar-refractivity contribution is 5.85. The van der Waals surface area contributed by atoms with Gasteiger partial charge in [-0.1, -0.05) is 37.3 Å². The summed E-state index contributed by atoms with van der Waals surface area (Å²) in [6.45, 7) is 4.80. The molecule has 2 aromatic rings. The Morgan fingerprint density at radius 3 is 2.57 bits per heavy atom. The Morgan fingerprint density at radius 1 is 1.18 bits per heavy atom. The van der Waals surface area contributed by atoms with Gasteiger partial charge < -0.3 is 14.3 Å². The number of carbonyl (C=O) groups excluding carboxylic acids is 1. The molecule has 3 aliphatic rings. The van der Waals surface area contributed by atoms with E-state index in [-0.39, 0.29) is 11.3 Å². The number of aryl methyl sites for hydroxylation is 1. The number of anilines is 1. The second-order valence-electron chi connectivity index (χ2n) is 8.69. The van der Waals surface area contributed by atoms with Crippen LogP contribution in [0.15, 0.2) is 34.9 Å². The number of carbonyl (C=O) groups is 1. The van der Waals surface area contributed by atoms with Gasteiger partial charge in [-0.2, -0.15) is 4.98 Å². The molecule has 0 radical (unpaired) electrons. The molecule has 2 saturated heterocycles. The van der Waals surface area contributed by atoms with E-state index >= 15 is 0 Å². The number of likely N-dealkylation sites (tertiary alicyclic amines) is 1. The molecule has 1 aliphatic carbocycles. The molecule has 6 heteroatoms. The molecule has 3 fully saturated rings. The molecule has 0 bridgehead atoms. The zero-order chi connectivity index (χ0) is 19.1. The average Bonchev–Trinajstić information content (AvgIpc) is 3.47. The van der Waals surface area contributed by atoms with Crippen LogP contribution >= 0.6 is 0 Å². The van der Waals surface area contributed by atoms with E-state index in [0.717, 1.165) is 64.1 Å². The quantitative estimate of drug-likeness (QED) is 0.814. The van der Waals surface area contributed by atoms with Gasteiger partial charge in [0.05, 0.1) is 5.92 Å². The summed E-state index contributed by atoms with van der Waals surface area (Å²) in [6.07, 6.45) is 6.20. The van der Waals surface area contributed by atoms with Gasteiger partial charge >= 0.3 is 0 Å². The lowest BCUT2D eigenvalue weighted by Gasteiger charge is -2.50. The maximum atomic E-state index is 13.2. The number of aromatic nitrogens is 2. The largest absolute Gasteiger partial charge is 0.339 e. The van der Waals surface area contributed by atoms with Crippen LogP contribution in [-0.4, -0.2) is 46.6 Å². The first kappa shape index (κ1) is 17.7. The van der Waals surface area contributed by atoms with Crippen LogP contribution in [0.3, 0.4) is 0 Å². The molecule has 0 N–H and O–H groups in total. The third-order valence-electron chi connectivity index (χ3n) is 6.78. The fourth-order valence-corrected chi connectivity index (χ4v) is 4.93. The monoisotopic (exact) mass is 380 g/mol. The minimum Gasteiger partial charge on any atom is -0.339 e. The van der Waals surface area contributed by atoms with E-state index in [9.17, 15) is 4.79 Å². The second kappa shape index (κ2) is 6.90. The summed E-state index contributed by atoms with van der Waals surface area (Å²) in [5.41, 5.74) is 1.37. The summed E-state index contributed by atoms with van der Waals surface area (Å²) in [5, 5.41) is 4.15. The summed E-state index contributed by atoms with van der Waals surface area (Å²) < 4.78 is 5.29. The first-order chi connectivity index (χ1) is 13.7. The number of nitrogens with zero attached hydrogens (tertiary/aromatic N) is 4. The van der Waals surface area contributed by atoms with E-state index in [1.165, 1.54) is 5.56 Å². The minimum absolute atomic E-state index is 0.000954. The van der Waals surface area contributed by atoms with Crippen molar-refractivity contribution >= 4 is 11.9 Å². The smallest absolute Gasteiger partial charge is 0.266 e. The molecule has 2 aliphatic heterocycles. The lowest BCUT2D eigenvalue weighted by Crippen LogP contribution is -2.54. The van der Waals surface area contributed by atoms with E-state index in [0.29, 0.717) is 17.8 Å². The predicted molar refractivity (Wildman–Crippen MR) is 106 cm³/mol. The molecule has 1 saturated carbocycles. The molecule has 1 spiro atoms. The van der Waals surface area contributed by atoms with Crippen LogP contribution in [-0.2, 0) is 11.2 Å². The topological polar surface area (TPSA) is 62.5 Å². The third-order valence-corrected chi connectivity index (χ3v) is 6.78. The lowest BCUT2D eigenvalue weighted by molar-refractivity contribution is -0.141. The normalized spacial score (nSPS) is 24.8. The van der Waals surface area contributed by atoms with Gasteiger partial charge in [0.25, 0.3) is 5.95 Å². The Kier molecular flexibility index (Phi) is 4.37. The first-order valence-electron chi connectivity index (χ1n) is 10.6. The van der Waals surface area contributed by atoms with Crippen LogP contribution in [0.2, 0.25) is 0 Å². The Balaban J connectivity index is 1.36. The van der Waals surface area contributed by atoms with Crippen molar-refractivity contribution in [3.8, 4) is 0 Å². The molecular formula is C22H28N4O2. The van der Waals surface area contributed by atoms with Crippen molar-refractivity contribution in [2.75, 3.05) is 24.5 Å². The van der Waals surface area contributed by atoms with Gasteiger partial charge in [-0.15, -0.1) is 0 Å². The van der Waals surface area contributed by atoms with Gasteiger partial charge in [0.2, 0.25) is 11.8 Å². The van der Waals surface area contributed by atoms with Crippen molar-refractivity contribution in [3.63, 3.8) is 0 Å². The second-order valence-corrected chi connectivity index (χ2v) is 8.69. The summed E-state index contributed by atoms with van der Waals surface area (Å²) in [6, 6.07) is 10.8. The molecule has 6 nitrogen and oxygen atoms in total. The van der Waals surface area contributed by atoms with E-state index in [1.807, 2.05) is 13.0 Å². The Morgan fingerprint density at radius 2 is 1.93 bits per heavy atom. The van der Waals surface area contributed by atoms with Crippen molar-refractivity contribution in [3.05, 3.63) is 41.8 Å². The summed E-state index contributed by atoms with van der Waals surface area (Å²) in [4.78, 5) is 22.2. The zero-order valence-corrected chi connectivity index (χ0v) is 16.5. The maximum Gasteiger partial charge on any atom is 0.266 e. The molecule has 1 amide bonds. The molecule has 5 rings (SSSR count). The Bertz CT molecular complexity index is 837. The van der Waals surface area contributed by atoms with Crippen LogP contribution in [0.5, 0.6) is 0 Å². The number of hydrogen-bond donors (Lipinski definition) is 0. The van der Waals surface area contributed by atoms with Gasteiger partial charge in [-0.25, -0.2) is 0 Å². The molecule has 1 unspecified atom stereocenters. The highest BCUT2D eigenvalue weighted by Gasteiger charge is 2.49. The van der Waals surface area contributed by atoms with Crippen LogP contribution in [0.4, 0.5) is 5.95 Å². The average molecular weight is 380 g/mol. The summed E-state index contributed by atoms with van der Waals surface area (Å²) in [7, 11) is 0. The van der Waals surface area contributed by atoms with E-state index in [1.54, 1.807) is 0 Å². The van der Waals surface area contributed by atoms with E-state index < -0.39 is 0 Å². The third kappa shape index (κ3) is 3.19. The number of benzene rings is 1. The van der Waals surface area contributed by atoms with E-state index in [2.05, 4.69) is 44.2 Å². The first-order valence-corrected chi connectivity index (χ1v) is 10.6. The Hall–Kier alpha value is -2.37. The van der Waals surface area contributed by atoms with Crippen molar-refractivity contribution in [2.45, 2.75) is 57.4 Å². The molecule has 1 atom stereocenters. The highest BCUT2D eigenvalue weighted by atomic mass is 16.5. The SMILES string of the molecule is CCc1nc(N2CCC3(CC2)CC(c2ccccc2)C(=O)N(C2CC2)C3)no1. The Labute approximate surface area is 165 Å². The lowest BCUT2D eigenvalue weighted by atomic mass is 9.67. The molecule has 28 heavy (non-hydrogen) atoms. The van der Waals surface area contributed by atoms with Crippen molar-refractivity contribution in [2.24, 2.45) is 5.41 Å². The van der Waals surface area contributed by atoms with Crippen molar-refractivity contribution < 1.29 is 9.32 Å². The summed E-state index contributed by atoms with van der Waals surface area (Å²) >= 11 is 0. The fraction of sp³-hybridized carbons (Fsp3) is 0.591. The molecule has 1 aromatic heterocycles. The van der Waals surface area contributed by atoms with Crippen LogP contribution < -0.4 is 4.90 Å². The minimum atomic E-state index is -0.000954. The molecule has 1 aromatic carbocycles. The predicted octanol–water partition coefficient (Wildman–Crippen LogP) is 3.40. The summed E-state index contributed by atoms with van der Waals surface area (Å²) in [5.74, 6) is 1.76. The molecular weight excluding hydrogens is 352 g/mol. The number of amides is 1. The van der Waals surface area contributed by atoms with Gasteiger partial charge in [0.15, 0.2) is 0 Å². The number of piperidine rings is 2. The van der Waals surface area contributed by atoms with Gasteiger partial charge in [-0.05, 0) is 48.2 Å². The maximum absolute atomic E-state index is 13.2. The van der Waals surface area contributed by atoms with Gasteiger partial charge in [-0.3, -0.25) is 4.79 Å². The number of hydrogen-bond acceptors (Lipinski definition) is 5. The number of rotatable bonds is 4. The van der Waals surface area contributed by atoms with E-state index in [4.69, 9.17) is 4.52 Å². The fourth-order valence-electron chi connectivity index (χ4n) is 4.93.